The van der Waals surface area contributed by atoms with Crippen molar-refractivity contribution in [2.45, 2.75) is 63.9 Å². The van der Waals surface area contributed by atoms with Crippen LogP contribution in [0.2, 0.25) is 0 Å². The van der Waals surface area contributed by atoms with Gasteiger partial charge in [0.05, 0.1) is 37.2 Å². The number of hydrogen-bond donors (Lipinski definition) is 1. The number of nitrogens with zero attached hydrogens (tertiary/aromatic N) is 3. The van der Waals surface area contributed by atoms with Crippen LogP contribution in [0.15, 0.2) is 59.8 Å². The summed E-state index contributed by atoms with van der Waals surface area (Å²) in [4.78, 5) is 48.8. The fourth-order valence-corrected chi connectivity index (χ4v) is 5.51. The van der Waals surface area contributed by atoms with Gasteiger partial charge < -0.3 is 29.3 Å². The van der Waals surface area contributed by atoms with Crippen LogP contribution in [0.4, 0.5) is 0 Å². The van der Waals surface area contributed by atoms with Gasteiger partial charge in [-0.05, 0) is 69.7 Å². The van der Waals surface area contributed by atoms with Gasteiger partial charge in [0.2, 0.25) is 5.91 Å². The molecule has 0 spiro atoms. The molecule has 244 valence electrons. The average Bonchev–Trinajstić information content (AvgIpc) is 3.33. The maximum atomic E-state index is 13.9. The lowest BCUT2D eigenvalue weighted by molar-refractivity contribution is -0.169. The third kappa shape index (κ3) is 9.67. The van der Waals surface area contributed by atoms with E-state index in [-0.39, 0.29) is 12.2 Å². The van der Waals surface area contributed by atoms with E-state index >= 15 is 0 Å². The van der Waals surface area contributed by atoms with Crippen LogP contribution in [-0.2, 0) is 30.4 Å². The molecule has 2 heterocycles. The van der Waals surface area contributed by atoms with Crippen LogP contribution in [0, 0.1) is 0 Å². The largest absolute Gasteiger partial charge is 0.391 e. The number of unbranched alkanes of at least 4 members (excludes halogenated alkanes) is 1. The highest BCUT2D eigenvalue weighted by Crippen LogP contribution is 2.34. The lowest BCUT2D eigenvalue weighted by atomic mass is 9.90. The molecule has 3 amide bonds. The number of benzene rings is 2. The van der Waals surface area contributed by atoms with E-state index in [1.165, 1.54) is 0 Å². The summed E-state index contributed by atoms with van der Waals surface area (Å²) < 4.78 is 17.0. The number of oxime groups is 1. The van der Waals surface area contributed by atoms with Crippen LogP contribution >= 0.6 is 0 Å². The van der Waals surface area contributed by atoms with Crippen molar-refractivity contribution in [3.63, 3.8) is 0 Å². The van der Waals surface area contributed by atoms with Crippen molar-refractivity contribution < 1.29 is 33.4 Å². The second kappa shape index (κ2) is 17.7. The molecular formula is C34H46N4O7. The van der Waals surface area contributed by atoms with Gasteiger partial charge in [-0.25, -0.2) is 0 Å². The fourth-order valence-electron chi connectivity index (χ4n) is 5.51. The number of carbonyl (C=O) groups excluding carboxylic acids is 3. The summed E-state index contributed by atoms with van der Waals surface area (Å²) in [6.45, 7) is 5.44. The van der Waals surface area contributed by atoms with E-state index in [1.807, 2.05) is 30.3 Å². The molecule has 2 aliphatic heterocycles. The second-order valence-electron chi connectivity index (χ2n) is 11.5. The second-order valence-corrected chi connectivity index (χ2v) is 11.5. The van der Waals surface area contributed by atoms with Crippen molar-refractivity contribution >= 4 is 23.9 Å². The minimum absolute atomic E-state index is 0.172. The van der Waals surface area contributed by atoms with Gasteiger partial charge in [0.15, 0.2) is 6.29 Å². The molecule has 0 bridgehead atoms. The quantitative estimate of drug-likeness (QED) is 0.108. The summed E-state index contributed by atoms with van der Waals surface area (Å²) in [5.74, 6) is -1.19. The molecule has 11 heteroatoms. The molecular weight excluding hydrogens is 576 g/mol. The Balaban J connectivity index is 1.25. The van der Waals surface area contributed by atoms with Gasteiger partial charge in [0, 0.05) is 26.7 Å². The molecule has 4 rings (SSSR count). The number of likely N-dealkylation sites (N-methyl/N-ethyl adjacent to an activating group) is 1. The van der Waals surface area contributed by atoms with E-state index in [9.17, 15) is 14.4 Å². The third-order valence-corrected chi connectivity index (χ3v) is 8.06. The van der Waals surface area contributed by atoms with E-state index < -0.39 is 17.4 Å². The molecule has 0 aromatic heterocycles. The number of fused-ring (bicyclic) bond motifs is 1. The van der Waals surface area contributed by atoms with Gasteiger partial charge in [-0.2, -0.15) is 0 Å². The number of hydrogen-bond acceptors (Lipinski definition) is 9. The summed E-state index contributed by atoms with van der Waals surface area (Å²) in [7, 11) is 1.68. The van der Waals surface area contributed by atoms with Crippen molar-refractivity contribution in [3.05, 3.63) is 71.3 Å². The number of ether oxygens (including phenoxy) is 3. The Bertz CT molecular complexity index is 1230. The minimum Gasteiger partial charge on any atom is -0.391 e. The summed E-state index contributed by atoms with van der Waals surface area (Å²) in [6, 6.07) is 16.5. The zero-order valence-electron chi connectivity index (χ0n) is 26.4. The Morgan fingerprint density at radius 3 is 2.49 bits per heavy atom. The van der Waals surface area contributed by atoms with Gasteiger partial charge in [-0.15, -0.1) is 0 Å². The zero-order chi connectivity index (χ0) is 31.9. The molecule has 2 aliphatic rings. The summed E-state index contributed by atoms with van der Waals surface area (Å²) in [5.41, 5.74) is 0.344. The molecule has 0 saturated carbocycles. The van der Waals surface area contributed by atoms with E-state index in [2.05, 4.69) is 10.5 Å². The fraction of sp³-hybridized carbons (Fsp3) is 0.529. The van der Waals surface area contributed by atoms with Gasteiger partial charge in [-0.1, -0.05) is 47.6 Å². The standard InChI is InChI=1S/C34H46N4O7/c1-34(38-31(39)28-14-6-7-15-29(28)32(38)40,17-9-10-18-35-19-20-36-45-26-27-12-4-3-5-13-27)33(41)37(2)21-23-42-24-25-44-30-16-8-11-22-43-30/h3-7,12-15,20,30,35H,8-11,16-19,21-26H2,1-2H3. The Hall–Kier alpha value is -3.64. The predicted octanol–water partition coefficient (Wildman–Crippen LogP) is 4.02. The first kappa shape index (κ1) is 34.2. The smallest absolute Gasteiger partial charge is 0.262 e. The maximum absolute atomic E-state index is 13.9. The molecule has 1 fully saturated rings. The van der Waals surface area contributed by atoms with Crippen LogP contribution in [0.5, 0.6) is 0 Å². The molecule has 45 heavy (non-hydrogen) atoms. The van der Waals surface area contributed by atoms with E-state index in [0.29, 0.717) is 70.0 Å². The number of nitrogens with one attached hydrogen (secondary N) is 1. The molecule has 2 aromatic rings. The van der Waals surface area contributed by atoms with Crippen LogP contribution in [-0.4, -0.2) is 98.7 Å². The van der Waals surface area contributed by atoms with Crippen molar-refractivity contribution in [1.29, 1.82) is 0 Å². The summed E-state index contributed by atoms with van der Waals surface area (Å²) >= 11 is 0. The van der Waals surface area contributed by atoms with E-state index in [4.69, 9.17) is 19.0 Å². The topological polar surface area (TPSA) is 119 Å². The SMILES string of the molecule is CN(CCOCCOC1CCCCO1)C(=O)C(C)(CCCCNCC=NOCc1ccccc1)N1C(=O)c2ccccc2C1=O. The number of rotatable bonds is 19. The minimum atomic E-state index is -1.35. The Morgan fingerprint density at radius 1 is 1.04 bits per heavy atom. The maximum Gasteiger partial charge on any atom is 0.262 e. The van der Waals surface area contributed by atoms with E-state index in [1.54, 1.807) is 49.4 Å². The highest BCUT2D eigenvalue weighted by molar-refractivity contribution is 6.23. The highest BCUT2D eigenvalue weighted by atomic mass is 16.7. The van der Waals surface area contributed by atoms with Crippen molar-refractivity contribution in [1.82, 2.24) is 15.1 Å². The molecule has 1 N–H and O–H groups in total. The lowest BCUT2D eigenvalue weighted by Gasteiger charge is -2.39. The molecule has 1 saturated heterocycles. The van der Waals surface area contributed by atoms with Crippen LogP contribution in [0.1, 0.15) is 71.7 Å². The molecule has 0 radical (unpaired) electrons. The van der Waals surface area contributed by atoms with Crippen molar-refractivity contribution in [2.75, 3.05) is 53.1 Å². The molecule has 0 aliphatic carbocycles. The van der Waals surface area contributed by atoms with Gasteiger partial charge in [-0.3, -0.25) is 19.3 Å². The Kier molecular flexibility index (Phi) is 13.5. The zero-order valence-corrected chi connectivity index (χ0v) is 26.4. The molecule has 2 unspecified atom stereocenters. The number of imide groups is 1. The number of carbonyl (C=O) groups is 3. The van der Waals surface area contributed by atoms with Crippen molar-refractivity contribution in [2.24, 2.45) is 5.16 Å². The first-order valence-electron chi connectivity index (χ1n) is 15.8. The first-order chi connectivity index (χ1) is 21.9. The molecule has 2 aromatic carbocycles. The Labute approximate surface area is 265 Å². The molecule has 11 nitrogen and oxygen atoms in total. The Morgan fingerprint density at radius 2 is 1.78 bits per heavy atom. The predicted molar refractivity (Wildman–Crippen MR) is 170 cm³/mol. The normalized spacial score (nSPS) is 17.8. The van der Waals surface area contributed by atoms with Crippen LogP contribution in [0.3, 0.4) is 0 Å². The first-order valence-corrected chi connectivity index (χ1v) is 15.8. The summed E-state index contributed by atoms with van der Waals surface area (Å²) in [6.07, 6.45) is 6.24. The summed E-state index contributed by atoms with van der Waals surface area (Å²) in [5, 5.41) is 7.26. The van der Waals surface area contributed by atoms with Gasteiger partial charge in [0.25, 0.3) is 11.8 Å². The van der Waals surface area contributed by atoms with Gasteiger partial charge >= 0.3 is 0 Å². The van der Waals surface area contributed by atoms with Crippen LogP contribution < -0.4 is 5.32 Å². The third-order valence-electron chi connectivity index (χ3n) is 8.06. The highest BCUT2D eigenvalue weighted by Gasteiger charge is 2.51. The van der Waals surface area contributed by atoms with Gasteiger partial charge in [0.1, 0.15) is 12.1 Å². The molecule has 2 atom stereocenters. The average molecular weight is 623 g/mol. The van der Waals surface area contributed by atoms with Crippen LogP contribution in [0.25, 0.3) is 0 Å². The van der Waals surface area contributed by atoms with E-state index in [0.717, 1.165) is 42.8 Å². The number of amides is 3. The van der Waals surface area contributed by atoms with Crippen molar-refractivity contribution in [3.8, 4) is 0 Å². The monoisotopic (exact) mass is 622 g/mol. The lowest BCUT2D eigenvalue weighted by Crippen LogP contribution is -2.59.